The smallest absolute Gasteiger partial charge is 0.369 e. The van der Waals surface area contributed by atoms with Gasteiger partial charge in [0.2, 0.25) is 0 Å². The van der Waals surface area contributed by atoms with Crippen LogP contribution in [0.2, 0.25) is 0 Å². The topological polar surface area (TPSA) is 29.3 Å². The number of hydrogen-bond donors (Lipinski definition) is 1. The van der Waals surface area contributed by atoms with E-state index in [1.165, 1.54) is 12.1 Å². The van der Waals surface area contributed by atoms with Crippen LogP contribution in [0.1, 0.15) is 37.3 Å². The van der Waals surface area contributed by atoms with Crippen LogP contribution < -0.4 is 10.6 Å². The molecule has 19 heavy (non-hydrogen) atoms. The van der Waals surface area contributed by atoms with Gasteiger partial charge in [-0.25, -0.2) is 0 Å². The monoisotopic (exact) mass is 272 g/mol. The van der Waals surface area contributed by atoms with Crippen molar-refractivity contribution in [1.29, 1.82) is 0 Å². The van der Waals surface area contributed by atoms with Crippen LogP contribution in [-0.2, 0) is 12.7 Å². The first-order valence-electron chi connectivity index (χ1n) is 6.64. The van der Waals surface area contributed by atoms with Gasteiger partial charge in [0.15, 0.2) is 0 Å². The molecule has 0 aliphatic heterocycles. The van der Waals surface area contributed by atoms with Crippen LogP contribution in [0.5, 0.6) is 0 Å². The van der Waals surface area contributed by atoms with E-state index in [1.54, 1.807) is 6.07 Å². The van der Waals surface area contributed by atoms with Crippen LogP contribution in [0.4, 0.5) is 18.9 Å². The fraction of sp³-hybridized carbons (Fsp3) is 0.571. The number of nitrogens with zero attached hydrogens (tertiary/aromatic N) is 1. The number of anilines is 1. The standard InChI is InChI=1S/C14H19F3N2/c1-2-7-19(11-5-6-11)12-4-3-10(9-18)13(8-12)14(15,16)17/h3-4,8,11H,2,5-7,9,18H2,1H3. The Morgan fingerprint density at radius 2 is 2.00 bits per heavy atom. The predicted octanol–water partition coefficient (Wildman–Crippen LogP) is 3.54. The molecule has 0 bridgehead atoms. The molecular formula is C14H19F3N2. The molecular weight excluding hydrogens is 253 g/mol. The van der Waals surface area contributed by atoms with Crippen molar-refractivity contribution >= 4 is 5.69 Å². The second-order valence-corrected chi connectivity index (χ2v) is 4.97. The van der Waals surface area contributed by atoms with Gasteiger partial charge in [-0.15, -0.1) is 0 Å². The lowest BCUT2D eigenvalue weighted by Crippen LogP contribution is -2.27. The Morgan fingerprint density at radius 3 is 2.47 bits per heavy atom. The lowest BCUT2D eigenvalue weighted by molar-refractivity contribution is -0.138. The Morgan fingerprint density at radius 1 is 1.32 bits per heavy atom. The van der Waals surface area contributed by atoms with Crippen molar-refractivity contribution in [3.05, 3.63) is 29.3 Å². The number of benzene rings is 1. The fourth-order valence-corrected chi connectivity index (χ4v) is 2.33. The fourth-order valence-electron chi connectivity index (χ4n) is 2.33. The quantitative estimate of drug-likeness (QED) is 0.888. The van der Waals surface area contributed by atoms with E-state index in [9.17, 15) is 13.2 Å². The highest BCUT2D eigenvalue weighted by atomic mass is 19.4. The highest BCUT2D eigenvalue weighted by Gasteiger charge is 2.35. The van der Waals surface area contributed by atoms with E-state index in [4.69, 9.17) is 5.73 Å². The van der Waals surface area contributed by atoms with Crippen molar-refractivity contribution in [2.45, 2.75) is 44.9 Å². The molecule has 1 aliphatic carbocycles. The third-order valence-corrected chi connectivity index (χ3v) is 3.40. The molecule has 2 N–H and O–H groups in total. The Kier molecular flexibility index (Phi) is 4.04. The van der Waals surface area contributed by atoms with Gasteiger partial charge in [-0.3, -0.25) is 0 Å². The first-order valence-corrected chi connectivity index (χ1v) is 6.64. The zero-order valence-corrected chi connectivity index (χ0v) is 11.0. The van der Waals surface area contributed by atoms with Crippen molar-refractivity contribution in [2.24, 2.45) is 5.73 Å². The van der Waals surface area contributed by atoms with Crippen molar-refractivity contribution in [1.82, 2.24) is 0 Å². The zero-order chi connectivity index (χ0) is 14.0. The SMILES string of the molecule is CCCN(c1ccc(CN)c(C(F)(F)F)c1)C1CC1. The summed E-state index contributed by atoms with van der Waals surface area (Å²) in [5.41, 5.74) is 5.61. The molecule has 0 atom stereocenters. The number of rotatable bonds is 5. The van der Waals surface area contributed by atoms with E-state index in [0.717, 1.165) is 25.8 Å². The second kappa shape index (κ2) is 5.41. The minimum absolute atomic E-state index is 0.0909. The molecule has 0 heterocycles. The first-order chi connectivity index (χ1) is 8.97. The Hall–Kier alpha value is -1.23. The van der Waals surface area contributed by atoms with E-state index in [1.807, 2.05) is 6.92 Å². The highest BCUT2D eigenvalue weighted by Crippen LogP contribution is 2.37. The summed E-state index contributed by atoms with van der Waals surface area (Å²) in [6.45, 7) is 2.74. The van der Waals surface area contributed by atoms with Crippen molar-refractivity contribution in [3.63, 3.8) is 0 Å². The normalized spacial score (nSPS) is 15.6. The number of halogens is 3. The maximum atomic E-state index is 13.0. The largest absolute Gasteiger partial charge is 0.416 e. The summed E-state index contributed by atoms with van der Waals surface area (Å²) in [6, 6.07) is 4.91. The van der Waals surface area contributed by atoms with Crippen LogP contribution in [-0.4, -0.2) is 12.6 Å². The average molecular weight is 272 g/mol. The lowest BCUT2D eigenvalue weighted by Gasteiger charge is -2.25. The molecule has 0 amide bonds. The molecule has 1 saturated carbocycles. The molecule has 1 fully saturated rings. The number of hydrogen-bond acceptors (Lipinski definition) is 2. The molecule has 2 rings (SSSR count). The van der Waals surface area contributed by atoms with Crippen molar-refractivity contribution < 1.29 is 13.2 Å². The summed E-state index contributed by atoms with van der Waals surface area (Å²) in [4.78, 5) is 2.08. The molecule has 0 radical (unpaired) electrons. The van der Waals surface area contributed by atoms with E-state index in [2.05, 4.69) is 4.90 Å². The van der Waals surface area contributed by atoms with Crippen LogP contribution in [0, 0.1) is 0 Å². The molecule has 1 aliphatic rings. The van der Waals surface area contributed by atoms with Gasteiger partial charge < -0.3 is 10.6 Å². The second-order valence-electron chi connectivity index (χ2n) is 4.97. The summed E-state index contributed by atoms with van der Waals surface area (Å²) in [5, 5.41) is 0. The predicted molar refractivity (Wildman–Crippen MR) is 70.0 cm³/mol. The zero-order valence-electron chi connectivity index (χ0n) is 11.0. The van der Waals surface area contributed by atoms with Crippen LogP contribution in [0.25, 0.3) is 0 Å². The van der Waals surface area contributed by atoms with E-state index < -0.39 is 11.7 Å². The minimum atomic E-state index is -4.34. The molecule has 0 unspecified atom stereocenters. The number of nitrogens with two attached hydrogens (primary N) is 1. The van der Waals surface area contributed by atoms with Crippen LogP contribution >= 0.6 is 0 Å². The summed E-state index contributed by atoms with van der Waals surface area (Å²) in [6.07, 6.45) is -1.28. The summed E-state index contributed by atoms with van der Waals surface area (Å²) in [5.74, 6) is 0. The first kappa shape index (κ1) is 14.2. The molecule has 2 nitrogen and oxygen atoms in total. The molecule has 1 aromatic carbocycles. The van der Waals surface area contributed by atoms with E-state index in [-0.39, 0.29) is 12.1 Å². The van der Waals surface area contributed by atoms with Gasteiger partial charge in [-0.1, -0.05) is 13.0 Å². The van der Waals surface area contributed by atoms with E-state index >= 15 is 0 Å². The van der Waals surface area contributed by atoms with Crippen molar-refractivity contribution in [2.75, 3.05) is 11.4 Å². The molecule has 0 spiro atoms. The minimum Gasteiger partial charge on any atom is -0.369 e. The Balaban J connectivity index is 2.36. The summed E-state index contributed by atoms with van der Waals surface area (Å²) in [7, 11) is 0. The Bertz CT molecular complexity index is 439. The van der Waals surface area contributed by atoms with Crippen LogP contribution in [0.3, 0.4) is 0 Å². The third kappa shape index (κ3) is 3.21. The van der Waals surface area contributed by atoms with Crippen LogP contribution in [0.15, 0.2) is 18.2 Å². The van der Waals surface area contributed by atoms with Gasteiger partial charge >= 0.3 is 6.18 Å². The maximum Gasteiger partial charge on any atom is 0.416 e. The van der Waals surface area contributed by atoms with Gasteiger partial charge in [0, 0.05) is 24.8 Å². The van der Waals surface area contributed by atoms with Gasteiger partial charge in [0.05, 0.1) is 5.56 Å². The number of alkyl halides is 3. The van der Waals surface area contributed by atoms with Gasteiger partial charge in [-0.2, -0.15) is 13.2 Å². The third-order valence-electron chi connectivity index (χ3n) is 3.40. The average Bonchev–Trinajstić information content (AvgIpc) is 3.18. The van der Waals surface area contributed by atoms with Crippen molar-refractivity contribution in [3.8, 4) is 0 Å². The molecule has 0 saturated heterocycles. The van der Waals surface area contributed by atoms with Gasteiger partial charge in [0.1, 0.15) is 0 Å². The summed E-state index contributed by atoms with van der Waals surface area (Å²) < 4.78 is 39.0. The maximum absolute atomic E-state index is 13.0. The highest BCUT2D eigenvalue weighted by molar-refractivity contribution is 5.53. The summed E-state index contributed by atoms with van der Waals surface area (Å²) >= 11 is 0. The molecule has 0 aromatic heterocycles. The van der Waals surface area contributed by atoms with Gasteiger partial charge in [-0.05, 0) is 37.0 Å². The Labute approximate surface area is 111 Å². The molecule has 106 valence electrons. The molecule has 5 heteroatoms. The lowest BCUT2D eigenvalue weighted by atomic mass is 10.1. The van der Waals surface area contributed by atoms with E-state index in [0.29, 0.717) is 11.7 Å². The molecule has 1 aromatic rings. The van der Waals surface area contributed by atoms with Gasteiger partial charge in [0.25, 0.3) is 0 Å².